The molecule has 0 N–H and O–H groups in total. The molecule has 1 saturated carbocycles. The summed E-state index contributed by atoms with van der Waals surface area (Å²) in [5, 5.41) is 2.30. The Hall–Kier alpha value is -1.49. The largest absolute Gasteiger partial charge is 0.274 e. The molecule has 0 radical (unpaired) electrons. The van der Waals surface area contributed by atoms with E-state index in [9.17, 15) is 9.59 Å². The van der Waals surface area contributed by atoms with Crippen LogP contribution in [0, 0.1) is 23.2 Å². The maximum Gasteiger partial charge on any atom is 0.242 e. The molecule has 92 valence electrons. The first-order valence-electron chi connectivity index (χ1n) is 6.10. The maximum absolute atomic E-state index is 12.6. The van der Waals surface area contributed by atoms with Gasteiger partial charge < -0.3 is 0 Å². The molecular weight excluding hydrogens is 248 g/mol. The number of carbonyl (C=O) groups is 2. The third-order valence-electron chi connectivity index (χ3n) is 4.72. The molecule has 5 heteroatoms. The molecule has 3 aliphatic rings. The van der Waals surface area contributed by atoms with E-state index in [0.717, 1.165) is 6.42 Å². The second kappa shape index (κ2) is 3.09. The van der Waals surface area contributed by atoms with E-state index in [0.29, 0.717) is 5.13 Å². The maximum atomic E-state index is 12.6. The summed E-state index contributed by atoms with van der Waals surface area (Å²) in [7, 11) is 0. The van der Waals surface area contributed by atoms with E-state index in [1.807, 2.05) is 6.92 Å². The van der Waals surface area contributed by atoms with Crippen molar-refractivity contribution in [3.05, 3.63) is 23.7 Å². The van der Waals surface area contributed by atoms with Crippen LogP contribution in [0.15, 0.2) is 23.7 Å². The van der Waals surface area contributed by atoms with Gasteiger partial charge in [0.05, 0.1) is 11.3 Å². The number of allylic oxidation sites excluding steroid dienone is 2. The number of rotatable bonds is 1. The van der Waals surface area contributed by atoms with Crippen molar-refractivity contribution < 1.29 is 9.59 Å². The lowest BCUT2D eigenvalue weighted by Gasteiger charge is -2.27. The molecule has 1 saturated heterocycles. The first-order chi connectivity index (χ1) is 8.64. The third-order valence-corrected chi connectivity index (χ3v) is 5.48. The van der Waals surface area contributed by atoms with Crippen LogP contribution in [-0.4, -0.2) is 16.8 Å². The SMILES string of the molecule is C[C@@]12C(=O)N(c3nccs3)C(=O)[C@H]1[C@H]1C=C[C@H]2C1. The Morgan fingerprint density at radius 2 is 2.28 bits per heavy atom. The molecule has 1 aliphatic heterocycles. The van der Waals surface area contributed by atoms with E-state index < -0.39 is 5.41 Å². The van der Waals surface area contributed by atoms with Crippen molar-refractivity contribution in [1.29, 1.82) is 0 Å². The first-order valence-corrected chi connectivity index (χ1v) is 6.98. The van der Waals surface area contributed by atoms with Gasteiger partial charge in [-0.15, -0.1) is 11.3 Å². The Balaban J connectivity index is 1.85. The van der Waals surface area contributed by atoms with Gasteiger partial charge in [0.2, 0.25) is 11.8 Å². The smallest absolute Gasteiger partial charge is 0.242 e. The Bertz CT molecular complexity index is 580. The van der Waals surface area contributed by atoms with Crippen molar-refractivity contribution in [1.82, 2.24) is 4.98 Å². The second-order valence-corrected chi connectivity index (χ2v) is 6.32. The zero-order valence-electron chi connectivity index (χ0n) is 9.87. The fraction of sp³-hybridized carbons (Fsp3) is 0.462. The summed E-state index contributed by atoms with van der Waals surface area (Å²) < 4.78 is 0. The van der Waals surface area contributed by atoms with E-state index in [-0.39, 0.29) is 29.6 Å². The molecule has 2 heterocycles. The van der Waals surface area contributed by atoms with Crippen LogP contribution in [0.25, 0.3) is 0 Å². The number of fused-ring (bicyclic) bond motifs is 5. The number of aromatic nitrogens is 1. The first kappa shape index (κ1) is 10.4. The molecule has 4 nitrogen and oxygen atoms in total. The Morgan fingerprint density at radius 3 is 2.94 bits per heavy atom. The minimum absolute atomic E-state index is 0.0608. The van der Waals surface area contributed by atoms with Crippen molar-refractivity contribution in [2.75, 3.05) is 4.90 Å². The van der Waals surface area contributed by atoms with Crippen LogP contribution in [0.4, 0.5) is 5.13 Å². The number of carbonyl (C=O) groups excluding carboxylic acids is 2. The highest BCUT2D eigenvalue weighted by molar-refractivity contribution is 7.14. The number of hydrogen-bond donors (Lipinski definition) is 0. The molecule has 1 aromatic rings. The molecule has 4 atom stereocenters. The summed E-state index contributed by atoms with van der Waals surface area (Å²) in [6.07, 6.45) is 6.79. The average molecular weight is 260 g/mol. The predicted octanol–water partition coefficient (Wildman–Crippen LogP) is 1.84. The van der Waals surface area contributed by atoms with Gasteiger partial charge in [-0.3, -0.25) is 9.59 Å². The fourth-order valence-electron chi connectivity index (χ4n) is 3.81. The molecular formula is C13H12N2O2S. The van der Waals surface area contributed by atoms with Crippen molar-refractivity contribution in [2.24, 2.45) is 23.2 Å². The zero-order chi connectivity index (χ0) is 12.5. The summed E-state index contributed by atoms with van der Waals surface area (Å²) in [6, 6.07) is 0. The summed E-state index contributed by atoms with van der Waals surface area (Å²) in [5.41, 5.74) is -0.540. The minimum atomic E-state index is -0.540. The lowest BCUT2D eigenvalue weighted by atomic mass is 9.71. The number of hydrogen-bond acceptors (Lipinski definition) is 4. The lowest BCUT2D eigenvalue weighted by Crippen LogP contribution is -2.37. The number of anilines is 1. The number of amides is 2. The molecule has 2 amide bonds. The number of thiazole rings is 1. The Labute approximate surface area is 108 Å². The molecule has 18 heavy (non-hydrogen) atoms. The van der Waals surface area contributed by atoms with Gasteiger partial charge in [-0.1, -0.05) is 12.2 Å². The third kappa shape index (κ3) is 0.960. The number of imide groups is 1. The van der Waals surface area contributed by atoms with Gasteiger partial charge in [-0.05, 0) is 25.2 Å². The van der Waals surface area contributed by atoms with Gasteiger partial charge in [0.1, 0.15) is 0 Å². The highest BCUT2D eigenvalue weighted by Gasteiger charge is 2.67. The Morgan fingerprint density at radius 1 is 1.44 bits per heavy atom. The standard InChI is InChI=1S/C13H12N2O2S/c1-13-8-3-2-7(6-8)9(13)10(16)15(11(13)17)12-14-4-5-18-12/h2-5,7-9H,6H2,1H3/t7-,8-,9+,13-/m0/s1. The normalized spacial score (nSPS) is 40.9. The van der Waals surface area contributed by atoms with Crippen LogP contribution in [0.5, 0.6) is 0 Å². The molecule has 1 aromatic heterocycles. The van der Waals surface area contributed by atoms with Crippen LogP contribution < -0.4 is 4.90 Å². The van der Waals surface area contributed by atoms with Crippen LogP contribution >= 0.6 is 11.3 Å². The number of nitrogens with zero attached hydrogens (tertiary/aromatic N) is 2. The summed E-state index contributed by atoms with van der Waals surface area (Å²) in [6.45, 7) is 1.94. The fourth-order valence-corrected chi connectivity index (χ4v) is 4.46. The van der Waals surface area contributed by atoms with Crippen LogP contribution in [0.1, 0.15) is 13.3 Å². The quantitative estimate of drug-likeness (QED) is 0.572. The van der Waals surface area contributed by atoms with Gasteiger partial charge in [-0.2, -0.15) is 0 Å². The van der Waals surface area contributed by atoms with Crippen molar-refractivity contribution in [3.63, 3.8) is 0 Å². The van der Waals surface area contributed by atoms with E-state index >= 15 is 0 Å². The van der Waals surface area contributed by atoms with E-state index in [1.165, 1.54) is 16.2 Å². The van der Waals surface area contributed by atoms with Gasteiger partial charge in [0.25, 0.3) is 0 Å². The Kier molecular flexibility index (Phi) is 1.79. The average Bonchev–Trinajstić information content (AvgIpc) is 3.04. The molecule has 0 unspecified atom stereocenters. The van der Waals surface area contributed by atoms with Gasteiger partial charge in [0.15, 0.2) is 5.13 Å². The van der Waals surface area contributed by atoms with E-state index in [1.54, 1.807) is 11.6 Å². The summed E-state index contributed by atoms with van der Waals surface area (Å²) >= 11 is 1.34. The highest BCUT2D eigenvalue weighted by atomic mass is 32.1. The molecule has 4 rings (SSSR count). The monoisotopic (exact) mass is 260 g/mol. The molecule has 0 spiro atoms. The lowest BCUT2D eigenvalue weighted by molar-refractivity contribution is -0.127. The summed E-state index contributed by atoms with van der Waals surface area (Å²) in [5.74, 6) is 0.151. The van der Waals surface area contributed by atoms with Gasteiger partial charge in [-0.25, -0.2) is 9.88 Å². The molecule has 2 aliphatic carbocycles. The minimum Gasteiger partial charge on any atom is -0.274 e. The second-order valence-electron chi connectivity index (χ2n) is 5.44. The predicted molar refractivity (Wildman–Crippen MR) is 66.9 cm³/mol. The van der Waals surface area contributed by atoms with Crippen molar-refractivity contribution in [3.8, 4) is 0 Å². The van der Waals surface area contributed by atoms with Crippen molar-refractivity contribution >= 4 is 28.3 Å². The molecule has 2 fully saturated rings. The van der Waals surface area contributed by atoms with E-state index in [2.05, 4.69) is 17.1 Å². The van der Waals surface area contributed by atoms with Gasteiger partial charge >= 0.3 is 0 Å². The van der Waals surface area contributed by atoms with Crippen LogP contribution in [0.3, 0.4) is 0 Å². The topological polar surface area (TPSA) is 50.3 Å². The van der Waals surface area contributed by atoms with Crippen LogP contribution in [0.2, 0.25) is 0 Å². The molecule has 0 aromatic carbocycles. The van der Waals surface area contributed by atoms with Gasteiger partial charge in [0, 0.05) is 11.6 Å². The van der Waals surface area contributed by atoms with Crippen LogP contribution in [-0.2, 0) is 9.59 Å². The molecule has 2 bridgehead atoms. The van der Waals surface area contributed by atoms with E-state index in [4.69, 9.17) is 0 Å². The highest BCUT2D eigenvalue weighted by Crippen LogP contribution is 2.60. The van der Waals surface area contributed by atoms with Crippen molar-refractivity contribution in [2.45, 2.75) is 13.3 Å². The zero-order valence-corrected chi connectivity index (χ0v) is 10.7. The summed E-state index contributed by atoms with van der Waals surface area (Å²) in [4.78, 5) is 30.6.